The second-order valence-electron chi connectivity index (χ2n) is 6.09. The van der Waals surface area contributed by atoms with Gasteiger partial charge in [-0.2, -0.15) is 0 Å². The minimum absolute atomic E-state index is 0.0210. The first-order valence-corrected chi connectivity index (χ1v) is 8.27. The van der Waals surface area contributed by atoms with E-state index in [2.05, 4.69) is 5.32 Å². The fourth-order valence-electron chi connectivity index (χ4n) is 2.96. The van der Waals surface area contributed by atoms with E-state index in [0.29, 0.717) is 17.3 Å². The van der Waals surface area contributed by atoms with Gasteiger partial charge in [-0.05, 0) is 43.2 Å². The van der Waals surface area contributed by atoms with Crippen molar-refractivity contribution in [2.75, 3.05) is 16.8 Å². The maximum Gasteiger partial charge on any atom is 0.229 e. The smallest absolute Gasteiger partial charge is 0.229 e. The fraction of sp³-hybridized carbons (Fsp3) is 0.263. The van der Waals surface area contributed by atoms with E-state index in [1.165, 1.54) is 0 Å². The number of rotatable bonds is 3. The molecular weight excluding hydrogens is 324 g/mol. The van der Waals surface area contributed by atoms with E-state index in [9.17, 15) is 9.59 Å². The van der Waals surface area contributed by atoms with Crippen LogP contribution in [0.2, 0.25) is 5.02 Å². The van der Waals surface area contributed by atoms with Crippen LogP contribution in [0.25, 0.3) is 0 Å². The number of nitrogens with zero attached hydrogens (tertiary/aromatic N) is 1. The lowest BCUT2D eigenvalue weighted by Gasteiger charge is -2.19. The third-order valence-corrected chi connectivity index (χ3v) is 4.84. The average molecular weight is 343 g/mol. The van der Waals surface area contributed by atoms with Crippen LogP contribution in [0.4, 0.5) is 11.4 Å². The van der Waals surface area contributed by atoms with E-state index in [4.69, 9.17) is 11.6 Å². The van der Waals surface area contributed by atoms with Gasteiger partial charge in [-0.25, -0.2) is 0 Å². The molecule has 2 aromatic rings. The number of halogens is 1. The van der Waals surface area contributed by atoms with Gasteiger partial charge in [-0.1, -0.05) is 35.9 Å². The molecule has 4 nitrogen and oxygen atoms in total. The summed E-state index contributed by atoms with van der Waals surface area (Å²) in [5, 5.41) is 3.51. The Morgan fingerprint density at radius 3 is 2.67 bits per heavy atom. The highest BCUT2D eigenvalue weighted by molar-refractivity contribution is 6.31. The van der Waals surface area contributed by atoms with Gasteiger partial charge in [0, 0.05) is 29.4 Å². The Morgan fingerprint density at radius 2 is 1.92 bits per heavy atom. The Kier molecular flexibility index (Phi) is 4.58. The van der Waals surface area contributed by atoms with Crippen molar-refractivity contribution in [2.45, 2.75) is 20.3 Å². The van der Waals surface area contributed by atoms with Crippen molar-refractivity contribution in [1.29, 1.82) is 0 Å². The van der Waals surface area contributed by atoms with E-state index in [1.807, 2.05) is 44.2 Å². The van der Waals surface area contributed by atoms with Crippen LogP contribution in [0, 0.1) is 19.8 Å². The fourth-order valence-corrected chi connectivity index (χ4v) is 3.13. The molecule has 124 valence electrons. The molecule has 2 aromatic carbocycles. The summed E-state index contributed by atoms with van der Waals surface area (Å²) in [6.45, 7) is 4.22. The molecule has 0 aromatic heterocycles. The number of hydrogen-bond donors (Lipinski definition) is 1. The maximum atomic E-state index is 12.6. The van der Waals surface area contributed by atoms with Crippen LogP contribution < -0.4 is 10.2 Å². The monoisotopic (exact) mass is 342 g/mol. The number of para-hydroxylation sites is 1. The molecule has 24 heavy (non-hydrogen) atoms. The third kappa shape index (κ3) is 3.15. The van der Waals surface area contributed by atoms with Gasteiger partial charge in [0.15, 0.2) is 0 Å². The summed E-state index contributed by atoms with van der Waals surface area (Å²) >= 11 is 6.09. The highest BCUT2D eigenvalue weighted by Crippen LogP contribution is 2.29. The van der Waals surface area contributed by atoms with Gasteiger partial charge in [0.1, 0.15) is 0 Å². The lowest BCUT2D eigenvalue weighted by molar-refractivity contribution is -0.122. The second-order valence-corrected chi connectivity index (χ2v) is 6.50. The zero-order valence-corrected chi connectivity index (χ0v) is 14.4. The molecular formula is C19H19ClN2O2. The topological polar surface area (TPSA) is 49.4 Å². The first kappa shape index (κ1) is 16.5. The van der Waals surface area contributed by atoms with Crippen LogP contribution >= 0.6 is 11.6 Å². The summed E-state index contributed by atoms with van der Waals surface area (Å²) in [6.07, 6.45) is 0.222. The molecule has 1 atom stereocenters. The molecule has 1 heterocycles. The summed E-state index contributed by atoms with van der Waals surface area (Å²) < 4.78 is 0. The Hall–Kier alpha value is -2.33. The van der Waals surface area contributed by atoms with Crippen LogP contribution in [0.1, 0.15) is 17.5 Å². The quantitative estimate of drug-likeness (QED) is 0.918. The van der Waals surface area contributed by atoms with Crippen molar-refractivity contribution in [3.63, 3.8) is 0 Å². The minimum Gasteiger partial charge on any atom is -0.325 e. The van der Waals surface area contributed by atoms with Crippen molar-refractivity contribution >= 4 is 34.8 Å². The minimum atomic E-state index is -0.365. The number of nitrogens with one attached hydrogen (secondary N) is 1. The van der Waals surface area contributed by atoms with Gasteiger partial charge < -0.3 is 10.2 Å². The van der Waals surface area contributed by atoms with Gasteiger partial charge in [0.25, 0.3) is 0 Å². The molecule has 1 fully saturated rings. The highest BCUT2D eigenvalue weighted by atomic mass is 35.5. The standard InChI is InChI=1S/C19H19ClN2O2/c1-12-6-3-4-9-17(12)22-11-14(10-18(22)23)19(24)21-16-8-5-7-15(20)13(16)2/h3-9,14H,10-11H2,1-2H3,(H,21,24)/t14-/m0/s1. The zero-order valence-electron chi connectivity index (χ0n) is 13.7. The molecule has 0 saturated carbocycles. The number of hydrogen-bond acceptors (Lipinski definition) is 2. The number of anilines is 2. The van der Waals surface area contributed by atoms with Crippen LogP contribution in [0.5, 0.6) is 0 Å². The zero-order chi connectivity index (χ0) is 17.3. The van der Waals surface area contributed by atoms with Gasteiger partial charge in [0.05, 0.1) is 5.92 Å². The van der Waals surface area contributed by atoms with Gasteiger partial charge in [-0.15, -0.1) is 0 Å². The first-order chi connectivity index (χ1) is 11.5. The van der Waals surface area contributed by atoms with Crippen molar-refractivity contribution in [3.8, 4) is 0 Å². The molecule has 0 spiro atoms. The van der Waals surface area contributed by atoms with Crippen LogP contribution in [-0.2, 0) is 9.59 Å². The summed E-state index contributed by atoms with van der Waals surface area (Å²) in [5.41, 5.74) is 3.41. The summed E-state index contributed by atoms with van der Waals surface area (Å²) in [7, 11) is 0. The molecule has 3 rings (SSSR count). The Morgan fingerprint density at radius 1 is 1.17 bits per heavy atom. The highest BCUT2D eigenvalue weighted by Gasteiger charge is 2.35. The Labute approximate surface area is 146 Å². The summed E-state index contributed by atoms with van der Waals surface area (Å²) in [6, 6.07) is 13.1. The molecule has 2 amide bonds. The number of aryl methyl sites for hydroxylation is 1. The molecule has 0 aliphatic carbocycles. The number of amides is 2. The van der Waals surface area contributed by atoms with Crippen LogP contribution in [0.3, 0.4) is 0 Å². The van der Waals surface area contributed by atoms with Crippen LogP contribution in [-0.4, -0.2) is 18.4 Å². The second kappa shape index (κ2) is 6.65. The maximum absolute atomic E-state index is 12.6. The van der Waals surface area contributed by atoms with Gasteiger partial charge in [-0.3, -0.25) is 9.59 Å². The molecule has 1 N–H and O–H groups in total. The molecule has 0 unspecified atom stereocenters. The van der Waals surface area contributed by atoms with E-state index < -0.39 is 0 Å². The van der Waals surface area contributed by atoms with Gasteiger partial charge in [0.2, 0.25) is 11.8 Å². The van der Waals surface area contributed by atoms with E-state index in [-0.39, 0.29) is 24.2 Å². The number of carbonyl (C=O) groups excluding carboxylic acids is 2. The molecule has 1 aliphatic heterocycles. The summed E-state index contributed by atoms with van der Waals surface area (Å²) in [5.74, 6) is -0.535. The number of benzene rings is 2. The Balaban J connectivity index is 1.75. The lowest BCUT2D eigenvalue weighted by Crippen LogP contribution is -2.28. The predicted molar refractivity (Wildman–Crippen MR) is 96.5 cm³/mol. The SMILES string of the molecule is Cc1ccccc1N1C[C@@H](C(=O)Nc2cccc(Cl)c2C)CC1=O. The van der Waals surface area contributed by atoms with E-state index in [0.717, 1.165) is 16.8 Å². The normalized spacial score (nSPS) is 17.2. The molecule has 0 bridgehead atoms. The van der Waals surface area contributed by atoms with E-state index >= 15 is 0 Å². The Bertz CT molecular complexity index is 804. The predicted octanol–water partition coefficient (Wildman–Crippen LogP) is 3.95. The van der Waals surface area contributed by atoms with E-state index in [1.54, 1.807) is 17.0 Å². The average Bonchev–Trinajstić information content (AvgIpc) is 2.94. The van der Waals surface area contributed by atoms with Crippen molar-refractivity contribution < 1.29 is 9.59 Å². The number of carbonyl (C=O) groups is 2. The molecule has 5 heteroatoms. The third-order valence-electron chi connectivity index (χ3n) is 4.43. The van der Waals surface area contributed by atoms with Gasteiger partial charge >= 0.3 is 0 Å². The lowest BCUT2D eigenvalue weighted by atomic mass is 10.1. The van der Waals surface area contributed by atoms with Crippen molar-refractivity contribution in [1.82, 2.24) is 0 Å². The molecule has 1 aliphatic rings. The first-order valence-electron chi connectivity index (χ1n) is 7.89. The largest absolute Gasteiger partial charge is 0.325 e. The van der Waals surface area contributed by atoms with Crippen molar-refractivity contribution in [2.24, 2.45) is 5.92 Å². The van der Waals surface area contributed by atoms with Crippen LogP contribution in [0.15, 0.2) is 42.5 Å². The summed E-state index contributed by atoms with van der Waals surface area (Å²) in [4.78, 5) is 26.6. The molecule has 0 radical (unpaired) electrons. The molecule has 1 saturated heterocycles. The van der Waals surface area contributed by atoms with Crippen molar-refractivity contribution in [3.05, 3.63) is 58.6 Å².